The molecular formula is C19H28N2O2. The summed E-state index contributed by atoms with van der Waals surface area (Å²) in [6.07, 6.45) is 3.41. The minimum absolute atomic E-state index is 0.192. The maximum Gasteiger partial charge on any atom is 0.254 e. The van der Waals surface area contributed by atoms with Gasteiger partial charge in [-0.05, 0) is 50.3 Å². The topological polar surface area (TPSA) is 32.8 Å². The van der Waals surface area contributed by atoms with Crippen LogP contribution in [0.3, 0.4) is 0 Å². The molecule has 2 aliphatic rings. The van der Waals surface area contributed by atoms with Crippen LogP contribution < -0.4 is 0 Å². The summed E-state index contributed by atoms with van der Waals surface area (Å²) in [7, 11) is 3.98. The van der Waals surface area contributed by atoms with Crippen molar-refractivity contribution < 1.29 is 9.53 Å². The first kappa shape index (κ1) is 16.5. The second-order valence-electron chi connectivity index (χ2n) is 7.34. The minimum Gasteiger partial charge on any atom is -0.383 e. The second kappa shape index (κ2) is 6.62. The number of ether oxygens (including phenoxy) is 1. The van der Waals surface area contributed by atoms with E-state index in [4.69, 9.17) is 4.74 Å². The quantitative estimate of drug-likeness (QED) is 0.859. The molecule has 0 bridgehead atoms. The maximum atomic E-state index is 12.8. The molecule has 126 valence electrons. The number of hydrogen-bond donors (Lipinski definition) is 0. The molecule has 2 saturated heterocycles. The van der Waals surface area contributed by atoms with Crippen molar-refractivity contribution >= 4 is 5.91 Å². The molecule has 2 aliphatic heterocycles. The van der Waals surface area contributed by atoms with Crippen LogP contribution in [0.4, 0.5) is 0 Å². The molecule has 1 atom stereocenters. The van der Waals surface area contributed by atoms with E-state index in [1.807, 2.05) is 36.1 Å². The molecule has 1 aromatic carbocycles. The Bertz CT molecular complexity index is 564. The van der Waals surface area contributed by atoms with E-state index in [1.165, 1.54) is 6.42 Å². The summed E-state index contributed by atoms with van der Waals surface area (Å²) < 4.78 is 5.35. The summed E-state index contributed by atoms with van der Waals surface area (Å²) in [4.78, 5) is 17.2. The molecule has 0 N–H and O–H groups in total. The van der Waals surface area contributed by atoms with E-state index in [0.717, 1.165) is 50.2 Å². The van der Waals surface area contributed by atoms with Crippen LogP contribution in [0.25, 0.3) is 0 Å². The SMILES string of the molecule is COC[C@H]1CC2(CCN(C(=O)c3ccccc3C)CC2)CN1C. The number of amides is 1. The highest BCUT2D eigenvalue weighted by atomic mass is 16.5. The minimum atomic E-state index is 0.192. The lowest BCUT2D eigenvalue weighted by molar-refractivity contribution is 0.0591. The third-order valence-electron chi connectivity index (χ3n) is 5.72. The van der Waals surface area contributed by atoms with E-state index >= 15 is 0 Å². The first-order chi connectivity index (χ1) is 11.0. The predicted octanol–water partition coefficient (Wildman–Crippen LogP) is 2.57. The third-order valence-corrected chi connectivity index (χ3v) is 5.72. The fraction of sp³-hybridized carbons (Fsp3) is 0.632. The van der Waals surface area contributed by atoms with Crippen molar-refractivity contribution in [3.63, 3.8) is 0 Å². The van der Waals surface area contributed by atoms with Gasteiger partial charge in [-0.3, -0.25) is 4.79 Å². The van der Waals surface area contributed by atoms with E-state index in [0.29, 0.717) is 11.5 Å². The third kappa shape index (κ3) is 3.29. The van der Waals surface area contributed by atoms with Crippen LogP contribution in [0.1, 0.15) is 35.2 Å². The Morgan fingerprint density at radius 1 is 1.30 bits per heavy atom. The average molecular weight is 316 g/mol. The monoisotopic (exact) mass is 316 g/mol. The normalized spacial score (nSPS) is 24.3. The lowest BCUT2D eigenvalue weighted by Gasteiger charge is -2.39. The van der Waals surface area contributed by atoms with Gasteiger partial charge in [0.25, 0.3) is 5.91 Å². The van der Waals surface area contributed by atoms with Crippen LogP contribution in [-0.2, 0) is 4.74 Å². The average Bonchev–Trinajstić information content (AvgIpc) is 2.84. The van der Waals surface area contributed by atoms with Gasteiger partial charge >= 0.3 is 0 Å². The van der Waals surface area contributed by atoms with Gasteiger partial charge in [0.1, 0.15) is 0 Å². The molecule has 0 radical (unpaired) electrons. The lowest BCUT2D eigenvalue weighted by Crippen LogP contribution is -2.44. The number of carbonyl (C=O) groups is 1. The van der Waals surface area contributed by atoms with Crippen LogP contribution in [0.15, 0.2) is 24.3 Å². The Labute approximate surface area is 139 Å². The fourth-order valence-corrected chi connectivity index (χ4v) is 4.29. The number of nitrogens with zero attached hydrogens (tertiary/aromatic N) is 2. The van der Waals surface area contributed by atoms with Gasteiger partial charge < -0.3 is 14.5 Å². The standard InChI is InChI=1S/C19H28N2O2/c1-15-6-4-5-7-17(15)18(22)21-10-8-19(9-11-21)12-16(13-23-3)20(2)14-19/h4-7,16H,8-14H2,1-3H3/t16-/m1/s1. The molecule has 0 aliphatic carbocycles. The Hall–Kier alpha value is -1.39. The number of likely N-dealkylation sites (N-methyl/N-ethyl adjacent to an activating group) is 1. The van der Waals surface area contributed by atoms with Gasteiger partial charge in [0.05, 0.1) is 6.61 Å². The number of rotatable bonds is 3. The summed E-state index contributed by atoms with van der Waals surface area (Å²) in [6.45, 7) is 5.71. The van der Waals surface area contributed by atoms with Crippen LogP contribution in [-0.4, -0.2) is 62.1 Å². The number of likely N-dealkylation sites (tertiary alicyclic amines) is 2. The molecule has 0 aromatic heterocycles. The molecule has 3 rings (SSSR count). The van der Waals surface area contributed by atoms with Crippen LogP contribution in [0, 0.1) is 12.3 Å². The van der Waals surface area contributed by atoms with Crippen molar-refractivity contribution in [1.82, 2.24) is 9.80 Å². The molecule has 4 heteroatoms. The summed E-state index contributed by atoms with van der Waals surface area (Å²) in [5.74, 6) is 0.192. The second-order valence-corrected chi connectivity index (χ2v) is 7.34. The van der Waals surface area contributed by atoms with Crippen molar-refractivity contribution in [3.8, 4) is 0 Å². The van der Waals surface area contributed by atoms with Crippen LogP contribution >= 0.6 is 0 Å². The highest BCUT2D eigenvalue weighted by Crippen LogP contribution is 2.43. The van der Waals surface area contributed by atoms with Gasteiger partial charge in [-0.25, -0.2) is 0 Å². The van der Waals surface area contributed by atoms with Crippen molar-refractivity contribution in [2.75, 3.05) is 40.4 Å². The maximum absolute atomic E-state index is 12.8. The largest absolute Gasteiger partial charge is 0.383 e. The number of methoxy groups -OCH3 is 1. The Balaban J connectivity index is 1.63. The summed E-state index contributed by atoms with van der Waals surface area (Å²) in [5, 5.41) is 0. The number of aryl methyl sites for hydroxylation is 1. The molecular weight excluding hydrogens is 288 g/mol. The van der Waals surface area contributed by atoms with Crippen LogP contribution in [0.5, 0.6) is 0 Å². The van der Waals surface area contributed by atoms with Gasteiger partial charge in [0.2, 0.25) is 0 Å². The summed E-state index contributed by atoms with van der Waals surface area (Å²) in [5.41, 5.74) is 2.29. The summed E-state index contributed by atoms with van der Waals surface area (Å²) in [6, 6.07) is 8.42. The first-order valence-corrected chi connectivity index (χ1v) is 8.59. The zero-order chi connectivity index (χ0) is 16.4. The van der Waals surface area contributed by atoms with Crippen molar-refractivity contribution in [2.24, 2.45) is 5.41 Å². The number of carbonyl (C=O) groups excluding carboxylic acids is 1. The van der Waals surface area contributed by atoms with Crippen molar-refractivity contribution in [2.45, 2.75) is 32.2 Å². The molecule has 23 heavy (non-hydrogen) atoms. The fourth-order valence-electron chi connectivity index (χ4n) is 4.29. The molecule has 1 amide bonds. The Morgan fingerprint density at radius 3 is 2.65 bits per heavy atom. The Morgan fingerprint density at radius 2 is 2.00 bits per heavy atom. The van der Waals surface area contributed by atoms with E-state index in [2.05, 4.69) is 11.9 Å². The van der Waals surface area contributed by atoms with E-state index in [9.17, 15) is 4.79 Å². The highest BCUT2D eigenvalue weighted by Gasteiger charge is 2.44. The van der Waals surface area contributed by atoms with Crippen LogP contribution in [0.2, 0.25) is 0 Å². The Kier molecular flexibility index (Phi) is 4.74. The molecule has 2 heterocycles. The van der Waals surface area contributed by atoms with Gasteiger partial charge in [-0.15, -0.1) is 0 Å². The molecule has 0 unspecified atom stereocenters. The first-order valence-electron chi connectivity index (χ1n) is 8.59. The molecule has 0 saturated carbocycles. The zero-order valence-corrected chi connectivity index (χ0v) is 14.5. The van der Waals surface area contributed by atoms with E-state index in [-0.39, 0.29) is 5.91 Å². The van der Waals surface area contributed by atoms with E-state index in [1.54, 1.807) is 7.11 Å². The molecule has 1 aromatic rings. The van der Waals surface area contributed by atoms with Crippen molar-refractivity contribution in [1.29, 1.82) is 0 Å². The number of hydrogen-bond acceptors (Lipinski definition) is 3. The van der Waals surface area contributed by atoms with E-state index < -0.39 is 0 Å². The predicted molar refractivity (Wildman–Crippen MR) is 91.7 cm³/mol. The summed E-state index contributed by atoms with van der Waals surface area (Å²) >= 11 is 0. The van der Waals surface area contributed by atoms with Gasteiger partial charge in [0.15, 0.2) is 0 Å². The van der Waals surface area contributed by atoms with Crippen molar-refractivity contribution in [3.05, 3.63) is 35.4 Å². The number of benzene rings is 1. The van der Waals surface area contributed by atoms with Gasteiger partial charge in [-0.1, -0.05) is 18.2 Å². The van der Waals surface area contributed by atoms with Gasteiger partial charge in [0, 0.05) is 38.3 Å². The molecule has 1 spiro atoms. The number of piperidine rings is 1. The zero-order valence-electron chi connectivity index (χ0n) is 14.5. The van der Waals surface area contributed by atoms with Gasteiger partial charge in [-0.2, -0.15) is 0 Å². The highest BCUT2D eigenvalue weighted by molar-refractivity contribution is 5.95. The smallest absolute Gasteiger partial charge is 0.254 e. The molecule has 2 fully saturated rings. The molecule has 4 nitrogen and oxygen atoms in total. The lowest BCUT2D eigenvalue weighted by atomic mass is 9.76.